The van der Waals surface area contributed by atoms with Gasteiger partial charge >= 0.3 is 0 Å². The quantitative estimate of drug-likeness (QED) is 0.389. The number of nitrogens with zero attached hydrogens (tertiary/aromatic N) is 3. The average Bonchev–Trinajstić information content (AvgIpc) is 3.46. The zero-order valence-electron chi connectivity index (χ0n) is 19.9. The highest BCUT2D eigenvalue weighted by Crippen LogP contribution is 2.33. The predicted octanol–water partition coefficient (Wildman–Crippen LogP) is 5.56. The Bertz CT molecular complexity index is 1210. The third-order valence-corrected chi connectivity index (χ3v) is 6.94. The van der Waals surface area contributed by atoms with Gasteiger partial charge in [-0.3, -0.25) is 4.68 Å². The van der Waals surface area contributed by atoms with Crippen molar-refractivity contribution in [2.45, 2.75) is 58.2 Å². The molecule has 1 aliphatic carbocycles. The maximum atomic E-state index is 6.11. The summed E-state index contributed by atoms with van der Waals surface area (Å²) in [5.74, 6) is 0.936. The molecule has 0 amide bonds. The van der Waals surface area contributed by atoms with Crippen LogP contribution in [0, 0.1) is 0 Å². The summed E-state index contributed by atoms with van der Waals surface area (Å²) in [7, 11) is 2.27. The van der Waals surface area contributed by atoms with Gasteiger partial charge in [0.15, 0.2) is 0 Å². The van der Waals surface area contributed by atoms with Gasteiger partial charge in [0.25, 0.3) is 0 Å². The van der Waals surface area contributed by atoms with Crippen LogP contribution >= 0.6 is 0 Å². The largest absolute Gasteiger partial charge is 0.489 e. The SMILES string of the molecule is CC(C)n1cc(CCN(C)C2CCc3[nH]c4ccc(OCc5ccccc5)cc4c3C2)cn1. The van der Waals surface area contributed by atoms with Crippen LogP contribution in [0.1, 0.15) is 48.7 Å². The number of rotatable bonds is 8. The van der Waals surface area contributed by atoms with E-state index in [-0.39, 0.29) is 0 Å². The molecule has 0 fully saturated rings. The minimum atomic E-state index is 0.414. The first-order valence-corrected chi connectivity index (χ1v) is 12.1. The van der Waals surface area contributed by atoms with Gasteiger partial charge in [-0.05, 0) is 81.5 Å². The summed E-state index contributed by atoms with van der Waals surface area (Å²) in [6.07, 6.45) is 8.62. The number of aromatic amines is 1. The molecule has 172 valence electrons. The molecule has 5 heteroatoms. The van der Waals surface area contributed by atoms with E-state index in [1.54, 1.807) is 0 Å². The fourth-order valence-electron chi connectivity index (χ4n) is 4.86. The highest BCUT2D eigenvalue weighted by atomic mass is 16.5. The summed E-state index contributed by atoms with van der Waals surface area (Å²) in [6.45, 7) is 5.99. The Morgan fingerprint density at radius 1 is 1.15 bits per heavy atom. The number of benzene rings is 2. The molecule has 0 aliphatic heterocycles. The summed E-state index contributed by atoms with van der Waals surface area (Å²) >= 11 is 0. The zero-order chi connectivity index (χ0) is 22.8. The smallest absolute Gasteiger partial charge is 0.120 e. The Labute approximate surface area is 196 Å². The molecule has 1 N–H and O–H groups in total. The molecule has 1 atom stereocenters. The summed E-state index contributed by atoms with van der Waals surface area (Å²) in [6, 6.07) is 17.8. The van der Waals surface area contributed by atoms with E-state index < -0.39 is 0 Å². The highest BCUT2D eigenvalue weighted by molar-refractivity contribution is 5.86. The van der Waals surface area contributed by atoms with Crippen LogP contribution in [0.25, 0.3) is 10.9 Å². The normalized spacial score (nSPS) is 16.0. The van der Waals surface area contributed by atoms with Crippen LogP contribution in [0.5, 0.6) is 5.75 Å². The fraction of sp³-hybridized carbons (Fsp3) is 0.393. The van der Waals surface area contributed by atoms with Crippen LogP contribution < -0.4 is 4.74 Å². The Morgan fingerprint density at radius 2 is 2.00 bits per heavy atom. The number of H-pyrrole nitrogens is 1. The van der Waals surface area contributed by atoms with Gasteiger partial charge in [0, 0.05) is 41.4 Å². The van der Waals surface area contributed by atoms with Gasteiger partial charge in [-0.2, -0.15) is 5.10 Å². The Kier molecular flexibility index (Phi) is 6.23. The third kappa shape index (κ3) is 4.83. The molecule has 0 saturated carbocycles. The van der Waals surface area contributed by atoms with E-state index in [1.807, 2.05) is 16.9 Å². The van der Waals surface area contributed by atoms with Gasteiger partial charge in [0.2, 0.25) is 0 Å². The second kappa shape index (κ2) is 9.44. The van der Waals surface area contributed by atoms with Gasteiger partial charge in [-0.1, -0.05) is 30.3 Å². The van der Waals surface area contributed by atoms with Gasteiger partial charge in [-0.15, -0.1) is 0 Å². The second-order valence-electron chi connectivity index (χ2n) is 9.61. The molecule has 0 saturated heterocycles. The van der Waals surface area contributed by atoms with Gasteiger partial charge in [0.1, 0.15) is 12.4 Å². The summed E-state index contributed by atoms with van der Waals surface area (Å²) in [4.78, 5) is 6.19. The van der Waals surface area contributed by atoms with Gasteiger partial charge in [-0.25, -0.2) is 0 Å². The molecule has 5 nitrogen and oxygen atoms in total. The molecular formula is C28H34N4O. The monoisotopic (exact) mass is 442 g/mol. The van der Waals surface area contributed by atoms with Crippen molar-refractivity contribution in [3.63, 3.8) is 0 Å². The van der Waals surface area contributed by atoms with Crippen molar-refractivity contribution in [2.24, 2.45) is 0 Å². The lowest BCUT2D eigenvalue weighted by Gasteiger charge is -2.31. The Morgan fingerprint density at radius 3 is 2.79 bits per heavy atom. The molecule has 0 radical (unpaired) electrons. The van der Waals surface area contributed by atoms with Crippen molar-refractivity contribution in [3.8, 4) is 5.75 Å². The molecule has 5 rings (SSSR count). The average molecular weight is 443 g/mol. The van der Waals surface area contributed by atoms with Gasteiger partial charge < -0.3 is 14.6 Å². The first-order chi connectivity index (χ1) is 16.1. The molecule has 1 unspecified atom stereocenters. The number of likely N-dealkylation sites (N-methyl/N-ethyl adjacent to an activating group) is 1. The Balaban J connectivity index is 1.25. The summed E-state index contributed by atoms with van der Waals surface area (Å²) in [5.41, 5.74) is 6.59. The lowest BCUT2D eigenvalue weighted by Crippen LogP contribution is -2.37. The van der Waals surface area contributed by atoms with Crippen LogP contribution in [-0.4, -0.2) is 39.3 Å². The van der Waals surface area contributed by atoms with Crippen molar-refractivity contribution in [3.05, 3.63) is 83.3 Å². The maximum absolute atomic E-state index is 6.11. The number of hydrogen-bond acceptors (Lipinski definition) is 3. The van der Waals surface area contributed by atoms with Crippen LogP contribution in [0.2, 0.25) is 0 Å². The van der Waals surface area contributed by atoms with E-state index in [4.69, 9.17) is 4.74 Å². The zero-order valence-corrected chi connectivity index (χ0v) is 19.9. The molecule has 2 aromatic carbocycles. The second-order valence-corrected chi connectivity index (χ2v) is 9.61. The van der Waals surface area contributed by atoms with Crippen molar-refractivity contribution >= 4 is 10.9 Å². The highest BCUT2D eigenvalue weighted by Gasteiger charge is 2.25. The molecule has 33 heavy (non-hydrogen) atoms. The van der Waals surface area contributed by atoms with Crippen LogP contribution in [0.3, 0.4) is 0 Å². The fourth-order valence-corrected chi connectivity index (χ4v) is 4.86. The number of aryl methyl sites for hydroxylation is 1. The summed E-state index contributed by atoms with van der Waals surface area (Å²) in [5, 5.41) is 5.80. The van der Waals surface area contributed by atoms with E-state index in [2.05, 4.69) is 84.5 Å². The molecule has 4 aromatic rings. The first-order valence-electron chi connectivity index (χ1n) is 12.1. The molecule has 2 heterocycles. The van der Waals surface area contributed by atoms with Crippen molar-refractivity contribution in [1.29, 1.82) is 0 Å². The van der Waals surface area contributed by atoms with Crippen LogP contribution in [0.4, 0.5) is 0 Å². The Hall–Kier alpha value is -3.05. The van der Waals surface area contributed by atoms with Crippen molar-refractivity contribution < 1.29 is 4.74 Å². The van der Waals surface area contributed by atoms with Crippen molar-refractivity contribution in [2.75, 3.05) is 13.6 Å². The van der Waals surface area contributed by atoms with Crippen LogP contribution in [0.15, 0.2) is 60.9 Å². The maximum Gasteiger partial charge on any atom is 0.120 e. The van der Waals surface area contributed by atoms with E-state index in [9.17, 15) is 0 Å². The van der Waals surface area contributed by atoms with E-state index in [0.29, 0.717) is 18.7 Å². The first kappa shape index (κ1) is 21.8. The predicted molar refractivity (Wildman–Crippen MR) is 134 cm³/mol. The molecule has 0 spiro atoms. The van der Waals surface area contributed by atoms with Crippen LogP contribution in [-0.2, 0) is 25.9 Å². The number of nitrogens with one attached hydrogen (secondary N) is 1. The number of ether oxygens (including phenoxy) is 1. The molecule has 0 bridgehead atoms. The van der Waals surface area contributed by atoms with E-state index in [0.717, 1.165) is 31.6 Å². The standard InChI is InChI=1S/C28H34N4O/c1-20(2)32-18-22(17-29-32)13-14-31(3)23-9-11-27-25(15-23)26-16-24(10-12-28(26)30-27)33-19-21-7-5-4-6-8-21/h4-8,10,12,16-18,20,23,30H,9,11,13-15,19H2,1-3H3. The van der Waals surface area contributed by atoms with E-state index in [1.165, 1.54) is 39.7 Å². The van der Waals surface area contributed by atoms with Gasteiger partial charge in [0.05, 0.1) is 6.20 Å². The third-order valence-electron chi connectivity index (χ3n) is 6.94. The topological polar surface area (TPSA) is 46.1 Å². The molecule has 2 aromatic heterocycles. The minimum absolute atomic E-state index is 0.414. The molecular weight excluding hydrogens is 408 g/mol. The number of aromatic nitrogens is 3. The lowest BCUT2D eigenvalue weighted by molar-refractivity contribution is 0.224. The minimum Gasteiger partial charge on any atom is -0.489 e. The number of hydrogen-bond donors (Lipinski definition) is 1. The lowest BCUT2D eigenvalue weighted by atomic mass is 9.90. The summed E-state index contributed by atoms with van der Waals surface area (Å²) < 4.78 is 8.16. The molecule has 1 aliphatic rings. The van der Waals surface area contributed by atoms with E-state index >= 15 is 0 Å². The number of fused-ring (bicyclic) bond motifs is 3. The van der Waals surface area contributed by atoms with Crippen molar-refractivity contribution in [1.82, 2.24) is 19.7 Å².